The van der Waals surface area contributed by atoms with Crippen molar-refractivity contribution in [2.75, 3.05) is 26.4 Å². The molecular formula is C22H28N2O3S2. The third kappa shape index (κ3) is 5.41. The number of amides is 1. The fourth-order valence-corrected chi connectivity index (χ4v) is 5.49. The second kappa shape index (κ2) is 9.78. The fraction of sp³-hybridized carbons (Fsp3) is 0.409. The van der Waals surface area contributed by atoms with Gasteiger partial charge in [-0.15, -0.1) is 11.8 Å². The Kier molecular flexibility index (Phi) is 7.38. The quantitative estimate of drug-likeness (QED) is 0.641. The molecular weight excluding hydrogens is 404 g/mol. The number of hydrogen-bond donors (Lipinski definition) is 0. The zero-order valence-corrected chi connectivity index (χ0v) is 18.6. The van der Waals surface area contributed by atoms with Crippen LogP contribution >= 0.6 is 11.8 Å². The van der Waals surface area contributed by atoms with Gasteiger partial charge in [0.15, 0.2) is 0 Å². The summed E-state index contributed by atoms with van der Waals surface area (Å²) < 4.78 is 27.6. The lowest BCUT2D eigenvalue weighted by molar-refractivity contribution is 0.0785. The van der Waals surface area contributed by atoms with E-state index < -0.39 is 10.0 Å². The lowest BCUT2D eigenvalue weighted by Gasteiger charge is -2.21. The smallest absolute Gasteiger partial charge is 0.253 e. The summed E-state index contributed by atoms with van der Waals surface area (Å²) in [5.74, 6) is -0.188. The Labute approximate surface area is 178 Å². The number of nitrogens with zero attached hydrogens (tertiary/aromatic N) is 2. The van der Waals surface area contributed by atoms with Crippen molar-refractivity contribution in [3.8, 4) is 0 Å². The van der Waals surface area contributed by atoms with Crippen LogP contribution in [0.1, 0.15) is 41.6 Å². The number of carbonyl (C=O) groups is 1. The number of thioether (sulfide) groups is 1. The van der Waals surface area contributed by atoms with Gasteiger partial charge < -0.3 is 4.90 Å². The molecule has 1 saturated heterocycles. The molecule has 1 aliphatic rings. The zero-order valence-electron chi connectivity index (χ0n) is 17.0. The summed E-state index contributed by atoms with van der Waals surface area (Å²) in [6.07, 6.45) is 5.92. The number of carbonyl (C=O) groups excluding carboxylic acids is 1. The van der Waals surface area contributed by atoms with E-state index in [9.17, 15) is 13.2 Å². The molecule has 1 fully saturated rings. The van der Waals surface area contributed by atoms with Crippen LogP contribution in [0.3, 0.4) is 0 Å². The van der Waals surface area contributed by atoms with E-state index in [1.807, 2.05) is 30.5 Å². The van der Waals surface area contributed by atoms with Gasteiger partial charge in [-0.2, -0.15) is 4.31 Å². The summed E-state index contributed by atoms with van der Waals surface area (Å²) in [7, 11) is -1.84. The highest BCUT2D eigenvalue weighted by molar-refractivity contribution is 7.98. The number of sulfonamides is 1. The standard InChI is InChI=1S/C22H28N2O3S2/c1-23(17-18-10-12-20(28-2)13-11-18)22(25)19-8-7-9-21(16-19)29(26,27)24-14-5-3-4-6-15-24/h7-13,16H,3-6,14-15,17H2,1-2H3. The number of hydrogen-bond acceptors (Lipinski definition) is 4. The molecule has 156 valence electrons. The van der Waals surface area contributed by atoms with E-state index in [-0.39, 0.29) is 10.8 Å². The van der Waals surface area contributed by atoms with Gasteiger partial charge in [-0.3, -0.25) is 4.79 Å². The normalized spacial score (nSPS) is 15.7. The molecule has 0 unspecified atom stereocenters. The summed E-state index contributed by atoms with van der Waals surface area (Å²) in [6, 6.07) is 14.5. The lowest BCUT2D eigenvalue weighted by Crippen LogP contribution is -2.32. The molecule has 7 heteroatoms. The molecule has 1 aliphatic heterocycles. The Morgan fingerprint density at radius 2 is 1.69 bits per heavy atom. The van der Waals surface area contributed by atoms with Crippen LogP contribution in [0.15, 0.2) is 58.3 Å². The monoisotopic (exact) mass is 432 g/mol. The third-order valence-corrected chi connectivity index (χ3v) is 7.85. The molecule has 1 amide bonds. The van der Waals surface area contributed by atoms with Gasteiger partial charge in [0.2, 0.25) is 10.0 Å². The number of benzene rings is 2. The third-order valence-electron chi connectivity index (χ3n) is 5.21. The first-order valence-electron chi connectivity index (χ1n) is 9.90. The van der Waals surface area contributed by atoms with Crippen LogP contribution in [0.5, 0.6) is 0 Å². The Morgan fingerprint density at radius 1 is 1.03 bits per heavy atom. The highest BCUT2D eigenvalue weighted by Gasteiger charge is 2.26. The van der Waals surface area contributed by atoms with E-state index in [1.54, 1.807) is 46.2 Å². The summed E-state index contributed by atoms with van der Waals surface area (Å²) in [4.78, 5) is 15.9. The molecule has 0 atom stereocenters. The maximum atomic E-state index is 13.0. The first-order chi connectivity index (χ1) is 13.9. The molecule has 2 aromatic carbocycles. The molecule has 0 radical (unpaired) electrons. The Hall–Kier alpha value is -1.83. The molecule has 2 aromatic rings. The maximum Gasteiger partial charge on any atom is 0.253 e. The van der Waals surface area contributed by atoms with Crippen LogP contribution in [0.25, 0.3) is 0 Å². The summed E-state index contributed by atoms with van der Waals surface area (Å²) >= 11 is 1.67. The summed E-state index contributed by atoms with van der Waals surface area (Å²) in [6.45, 7) is 1.56. The predicted octanol–water partition coefficient (Wildman–Crippen LogP) is 4.25. The molecule has 0 N–H and O–H groups in total. The minimum Gasteiger partial charge on any atom is -0.337 e. The molecule has 0 saturated carbocycles. The maximum absolute atomic E-state index is 13.0. The van der Waals surface area contributed by atoms with Crippen LogP contribution in [0, 0.1) is 0 Å². The minimum atomic E-state index is -3.57. The average Bonchev–Trinajstić information content (AvgIpc) is 3.04. The van der Waals surface area contributed by atoms with Gasteiger partial charge in [0, 0.05) is 37.1 Å². The first kappa shape index (κ1) is 21.9. The molecule has 0 bridgehead atoms. The van der Waals surface area contributed by atoms with E-state index in [1.165, 1.54) is 11.0 Å². The van der Waals surface area contributed by atoms with Crippen molar-refractivity contribution in [2.45, 2.75) is 42.0 Å². The highest BCUT2D eigenvalue weighted by atomic mass is 32.2. The summed E-state index contributed by atoms with van der Waals surface area (Å²) in [5, 5.41) is 0. The largest absolute Gasteiger partial charge is 0.337 e. The first-order valence-corrected chi connectivity index (χ1v) is 12.6. The minimum absolute atomic E-state index is 0.188. The second-order valence-electron chi connectivity index (χ2n) is 7.36. The molecule has 0 spiro atoms. The van der Waals surface area contributed by atoms with Crippen molar-refractivity contribution in [2.24, 2.45) is 0 Å². The van der Waals surface area contributed by atoms with Crippen molar-refractivity contribution in [1.82, 2.24) is 9.21 Å². The van der Waals surface area contributed by atoms with E-state index >= 15 is 0 Å². The van der Waals surface area contributed by atoms with E-state index in [4.69, 9.17) is 0 Å². The van der Waals surface area contributed by atoms with Crippen molar-refractivity contribution in [1.29, 1.82) is 0 Å². The summed E-state index contributed by atoms with van der Waals surface area (Å²) in [5.41, 5.74) is 1.43. The lowest BCUT2D eigenvalue weighted by atomic mass is 10.1. The van der Waals surface area contributed by atoms with Crippen LogP contribution in [-0.2, 0) is 16.6 Å². The zero-order chi connectivity index (χ0) is 20.9. The van der Waals surface area contributed by atoms with Gasteiger partial charge in [-0.25, -0.2) is 8.42 Å². The van der Waals surface area contributed by atoms with Gasteiger partial charge >= 0.3 is 0 Å². The van der Waals surface area contributed by atoms with E-state index in [0.717, 1.165) is 31.2 Å². The fourth-order valence-electron chi connectivity index (χ4n) is 3.52. The SMILES string of the molecule is CSc1ccc(CN(C)C(=O)c2cccc(S(=O)(=O)N3CCCCCC3)c2)cc1. The van der Waals surface area contributed by atoms with Gasteiger partial charge in [0.05, 0.1) is 4.90 Å². The van der Waals surface area contributed by atoms with Crippen molar-refractivity contribution in [3.63, 3.8) is 0 Å². The van der Waals surface area contributed by atoms with Crippen LogP contribution in [0.4, 0.5) is 0 Å². The second-order valence-corrected chi connectivity index (χ2v) is 10.2. The Morgan fingerprint density at radius 3 is 2.31 bits per heavy atom. The van der Waals surface area contributed by atoms with Crippen LogP contribution in [-0.4, -0.2) is 49.9 Å². The predicted molar refractivity (Wildman–Crippen MR) is 118 cm³/mol. The molecule has 0 aromatic heterocycles. The van der Waals surface area contributed by atoms with E-state index in [2.05, 4.69) is 0 Å². The van der Waals surface area contributed by atoms with Gasteiger partial charge in [0.25, 0.3) is 5.91 Å². The van der Waals surface area contributed by atoms with Gasteiger partial charge in [-0.05, 0) is 55.0 Å². The molecule has 29 heavy (non-hydrogen) atoms. The van der Waals surface area contributed by atoms with Crippen LogP contribution < -0.4 is 0 Å². The Balaban J connectivity index is 1.75. The molecule has 5 nitrogen and oxygen atoms in total. The van der Waals surface area contributed by atoms with Crippen molar-refractivity contribution >= 4 is 27.7 Å². The number of rotatable bonds is 6. The molecule has 3 rings (SSSR count). The highest BCUT2D eigenvalue weighted by Crippen LogP contribution is 2.22. The van der Waals surface area contributed by atoms with Crippen molar-refractivity contribution in [3.05, 3.63) is 59.7 Å². The Bertz CT molecular complexity index is 935. The van der Waals surface area contributed by atoms with Crippen LogP contribution in [0.2, 0.25) is 0 Å². The molecule has 1 heterocycles. The van der Waals surface area contributed by atoms with Gasteiger partial charge in [0.1, 0.15) is 0 Å². The van der Waals surface area contributed by atoms with Crippen molar-refractivity contribution < 1.29 is 13.2 Å². The van der Waals surface area contributed by atoms with Gasteiger partial charge in [-0.1, -0.05) is 31.0 Å². The average molecular weight is 433 g/mol. The van der Waals surface area contributed by atoms with E-state index in [0.29, 0.717) is 25.2 Å². The molecule has 0 aliphatic carbocycles. The topological polar surface area (TPSA) is 57.7 Å².